The lowest BCUT2D eigenvalue weighted by molar-refractivity contribution is 0.102. The number of fused-ring (bicyclic) bond motifs is 3. The lowest BCUT2D eigenvalue weighted by Gasteiger charge is -2.10. The Kier molecular flexibility index (Phi) is 3.82. The number of aryl methyl sites for hydroxylation is 1. The Morgan fingerprint density at radius 1 is 1.00 bits per heavy atom. The van der Waals surface area contributed by atoms with Crippen molar-refractivity contribution in [1.29, 1.82) is 0 Å². The standard InChI is InChI=1S/C20H16N4O/c1-2-18-22-11-14(12-23-18)24-20(25)17-10-13-6-3-4-7-15(13)16-8-5-9-21-19(16)17/h3-12H,2H2,1H3,(H,24,25). The number of carbonyl (C=O) groups is 1. The molecule has 0 spiro atoms. The fourth-order valence-corrected chi connectivity index (χ4v) is 2.90. The Morgan fingerprint density at radius 3 is 2.56 bits per heavy atom. The largest absolute Gasteiger partial charge is 0.319 e. The summed E-state index contributed by atoms with van der Waals surface area (Å²) in [4.78, 5) is 25.7. The highest BCUT2D eigenvalue weighted by molar-refractivity contribution is 6.18. The minimum atomic E-state index is -0.220. The van der Waals surface area contributed by atoms with Crippen LogP contribution in [0.25, 0.3) is 21.7 Å². The van der Waals surface area contributed by atoms with Crippen molar-refractivity contribution in [2.75, 3.05) is 5.32 Å². The van der Waals surface area contributed by atoms with E-state index in [1.165, 1.54) is 0 Å². The van der Waals surface area contributed by atoms with Gasteiger partial charge in [-0.25, -0.2) is 9.97 Å². The van der Waals surface area contributed by atoms with E-state index in [-0.39, 0.29) is 5.91 Å². The number of nitrogens with zero attached hydrogens (tertiary/aromatic N) is 3. The molecule has 2 aromatic carbocycles. The van der Waals surface area contributed by atoms with Crippen molar-refractivity contribution in [3.63, 3.8) is 0 Å². The fourth-order valence-electron chi connectivity index (χ4n) is 2.90. The number of pyridine rings is 1. The van der Waals surface area contributed by atoms with Gasteiger partial charge in [0, 0.05) is 18.0 Å². The minimum Gasteiger partial charge on any atom is -0.319 e. The molecule has 122 valence electrons. The van der Waals surface area contributed by atoms with Gasteiger partial charge in [-0.1, -0.05) is 37.3 Å². The van der Waals surface area contributed by atoms with Crippen LogP contribution in [0.4, 0.5) is 5.69 Å². The van der Waals surface area contributed by atoms with E-state index in [0.717, 1.165) is 28.4 Å². The van der Waals surface area contributed by atoms with E-state index in [1.54, 1.807) is 18.6 Å². The van der Waals surface area contributed by atoms with E-state index in [0.29, 0.717) is 16.8 Å². The molecule has 0 aliphatic carbocycles. The molecule has 1 amide bonds. The molecule has 5 heteroatoms. The zero-order valence-electron chi connectivity index (χ0n) is 13.7. The minimum absolute atomic E-state index is 0.220. The molecule has 0 saturated heterocycles. The van der Waals surface area contributed by atoms with Gasteiger partial charge in [-0.2, -0.15) is 0 Å². The van der Waals surface area contributed by atoms with Crippen LogP contribution in [-0.4, -0.2) is 20.9 Å². The lowest BCUT2D eigenvalue weighted by Crippen LogP contribution is -2.13. The number of nitrogens with one attached hydrogen (secondary N) is 1. The summed E-state index contributed by atoms with van der Waals surface area (Å²) in [6.45, 7) is 1.99. The second kappa shape index (κ2) is 6.28. The molecule has 1 N–H and O–H groups in total. The first-order valence-electron chi connectivity index (χ1n) is 8.15. The van der Waals surface area contributed by atoms with Crippen LogP contribution < -0.4 is 5.32 Å². The summed E-state index contributed by atoms with van der Waals surface area (Å²) in [7, 11) is 0. The van der Waals surface area contributed by atoms with Crippen molar-refractivity contribution in [2.45, 2.75) is 13.3 Å². The predicted molar refractivity (Wildman–Crippen MR) is 98.6 cm³/mol. The van der Waals surface area contributed by atoms with Gasteiger partial charge in [0.2, 0.25) is 0 Å². The Hall–Kier alpha value is -3.34. The molecule has 5 nitrogen and oxygen atoms in total. The summed E-state index contributed by atoms with van der Waals surface area (Å²) >= 11 is 0. The van der Waals surface area contributed by atoms with E-state index < -0.39 is 0 Å². The maximum atomic E-state index is 12.8. The van der Waals surface area contributed by atoms with Crippen molar-refractivity contribution < 1.29 is 4.79 Å². The van der Waals surface area contributed by atoms with Crippen molar-refractivity contribution >= 4 is 33.3 Å². The molecule has 0 saturated carbocycles. The number of rotatable bonds is 3. The van der Waals surface area contributed by atoms with Gasteiger partial charge >= 0.3 is 0 Å². The van der Waals surface area contributed by atoms with Gasteiger partial charge in [0.15, 0.2) is 0 Å². The molecule has 0 aliphatic heterocycles. The van der Waals surface area contributed by atoms with Crippen LogP contribution in [0.1, 0.15) is 23.1 Å². The number of carbonyl (C=O) groups excluding carboxylic acids is 1. The van der Waals surface area contributed by atoms with E-state index in [2.05, 4.69) is 20.3 Å². The summed E-state index contributed by atoms with van der Waals surface area (Å²) in [5.41, 5.74) is 1.79. The van der Waals surface area contributed by atoms with Gasteiger partial charge in [0.25, 0.3) is 5.91 Å². The second-order valence-electron chi connectivity index (χ2n) is 5.74. The molecule has 0 unspecified atom stereocenters. The molecule has 0 bridgehead atoms. The van der Waals surface area contributed by atoms with Crippen molar-refractivity contribution in [3.8, 4) is 0 Å². The SMILES string of the molecule is CCc1ncc(NC(=O)c2cc3ccccc3c3cccnc23)cn1. The Balaban J connectivity index is 1.79. The summed E-state index contributed by atoms with van der Waals surface area (Å²) < 4.78 is 0. The number of anilines is 1. The summed E-state index contributed by atoms with van der Waals surface area (Å²) in [5, 5.41) is 5.91. The first-order chi connectivity index (χ1) is 12.3. The molecule has 0 aliphatic rings. The number of aromatic nitrogens is 3. The summed E-state index contributed by atoms with van der Waals surface area (Å²) in [5.74, 6) is 0.526. The average Bonchev–Trinajstić information content (AvgIpc) is 2.68. The maximum Gasteiger partial charge on any atom is 0.257 e. The van der Waals surface area contributed by atoms with E-state index in [1.807, 2.05) is 49.4 Å². The first-order valence-corrected chi connectivity index (χ1v) is 8.15. The third kappa shape index (κ3) is 2.80. The highest BCUT2D eigenvalue weighted by Crippen LogP contribution is 2.27. The van der Waals surface area contributed by atoms with E-state index >= 15 is 0 Å². The first kappa shape index (κ1) is 15.2. The monoisotopic (exact) mass is 328 g/mol. The van der Waals surface area contributed by atoms with Gasteiger partial charge in [0.1, 0.15) is 5.82 Å². The predicted octanol–water partition coefficient (Wildman–Crippen LogP) is 3.99. The molecule has 0 fully saturated rings. The molecule has 25 heavy (non-hydrogen) atoms. The molecular weight excluding hydrogens is 312 g/mol. The molecule has 2 aromatic heterocycles. The molecule has 4 aromatic rings. The molecule has 0 atom stereocenters. The maximum absolute atomic E-state index is 12.8. The van der Waals surface area contributed by atoms with Gasteiger partial charge in [-0.15, -0.1) is 0 Å². The quantitative estimate of drug-likeness (QED) is 0.577. The van der Waals surface area contributed by atoms with Crippen molar-refractivity contribution in [1.82, 2.24) is 15.0 Å². The van der Waals surface area contributed by atoms with Crippen LogP contribution in [-0.2, 0) is 6.42 Å². The zero-order chi connectivity index (χ0) is 17.2. The summed E-state index contributed by atoms with van der Waals surface area (Å²) in [6, 6.07) is 13.7. The third-order valence-corrected chi connectivity index (χ3v) is 4.14. The van der Waals surface area contributed by atoms with Crippen molar-refractivity contribution in [3.05, 3.63) is 72.4 Å². The Bertz CT molecular complexity index is 1070. The van der Waals surface area contributed by atoms with Crippen LogP contribution in [0.15, 0.2) is 61.1 Å². The number of hydrogen-bond donors (Lipinski definition) is 1. The van der Waals surface area contributed by atoms with Gasteiger partial charge in [-0.05, 0) is 22.9 Å². The molecular formula is C20H16N4O. The second-order valence-corrected chi connectivity index (χ2v) is 5.74. The van der Waals surface area contributed by atoms with Crippen LogP contribution >= 0.6 is 0 Å². The van der Waals surface area contributed by atoms with E-state index in [9.17, 15) is 4.79 Å². The van der Waals surface area contributed by atoms with Crippen LogP contribution in [0.3, 0.4) is 0 Å². The molecule has 4 rings (SSSR count). The van der Waals surface area contributed by atoms with Crippen LogP contribution in [0, 0.1) is 0 Å². The van der Waals surface area contributed by atoms with Crippen LogP contribution in [0.5, 0.6) is 0 Å². The smallest absolute Gasteiger partial charge is 0.257 e. The average molecular weight is 328 g/mol. The number of amides is 1. The Labute approximate surface area is 144 Å². The zero-order valence-corrected chi connectivity index (χ0v) is 13.7. The highest BCUT2D eigenvalue weighted by Gasteiger charge is 2.14. The number of benzene rings is 2. The fraction of sp³-hybridized carbons (Fsp3) is 0.100. The summed E-state index contributed by atoms with van der Waals surface area (Å²) in [6.07, 6.45) is 5.71. The normalized spacial score (nSPS) is 10.9. The van der Waals surface area contributed by atoms with Crippen molar-refractivity contribution in [2.24, 2.45) is 0 Å². The van der Waals surface area contributed by atoms with Crippen LogP contribution in [0.2, 0.25) is 0 Å². The third-order valence-electron chi connectivity index (χ3n) is 4.14. The molecule has 0 radical (unpaired) electrons. The van der Waals surface area contributed by atoms with Gasteiger partial charge in [0.05, 0.1) is 29.2 Å². The topological polar surface area (TPSA) is 67.8 Å². The molecule has 2 heterocycles. The number of hydrogen-bond acceptors (Lipinski definition) is 4. The van der Waals surface area contributed by atoms with Gasteiger partial charge in [-0.3, -0.25) is 9.78 Å². The lowest BCUT2D eigenvalue weighted by atomic mass is 10.0. The highest BCUT2D eigenvalue weighted by atomic mass is 16.1. The van der Waals surface area contributed by atoms with Gasteiger partial charge < -0.3 is 5.32 Å². The Morgan fingerprint density at radius 2 is 1.76 bits per heavy atom. The van der Waals surface area contributed by atoms with E-state index in [4.69, 9.17) is 0 Å².